The molecule has 1 aromatic carbocycles. The molecule has 0 spiro atoms. The number of hydrogen-bond acceptors (Lipinski definition) is 3. The van der Waals surface area contributed by atoms with Crippen LogP contribution in [0.3, 0.4) is 0 Å². The lowest BCUT2D eigenvalue weighted by atomic mass is 10.2. The van der Waals surface area contributed by atoms with Crippen LogP contribution in [0, 0.1) is 11.3 Å². The second-order valence-corrected chi connectivity index (χ2v) is 4.56. The number of nitrogens with zero attached hydrogens (tertiary/aromatic N) is 3. The van der Waals surface area contributed by atoms with E-state index in [4.69, 9.17) is 5.26 Å². The van der Waals surface area contributed by atoms with Crippen LogP contribution in [0.4, 0.5) is 10.5 Å². The van der Waals surface area contributed by atoms with Gasteiger partial charge in [0.15, 0.2) is 0 Å². The van der Waals surface area contributed by atoms with Gasteiger partial charge < -0.3 is 4.90 Å². The Morgan fingerprint density at radius 1 is 1.32 bits per heavy atom. The Balaban J connectivity index is 2.27. The molecule has 2 rings (SSSR count). The Morgan fingerprint density at radius 3 is 2.47 bits per heavy atom. The van der Waals surface area contributed by atoms with Crippen LogP contribution in [0.1, 0.15) is 25.8 Å². The Bertz CT molecular complexity index is 545. The summed E-state index contributed by atoms with van der Waals surface area (Å²) in [6.07, 6.45) is 0.806. The molecule has 98 valence electrons. The SMILES string of the molecule is CCC(C)N1CC(=O)N(c2ccc(C#N)cc2)C1=O. The van der Waals surface area contributed by atoms with E-state index in [0.29, 0.717) is 11.3 Å². The first-order chi connectivity index (χ1) is 9.08. The highest BCUT2D eigenvalue weighted by molar-refractivity contribution is 6.19. The van der Waals surface area contributed by atoms with Gasteiger partial charge in [-0.3, -0.25) is 4.79 Å². The van der Waals surface area contributed by atoms with Crippen LogP contribution in [0.5, 0.6) is 0 Å². The van der Waals surface area contributed by atoms with E-state index in [0.717, 1.165) is 6.42 Å². The monoisotopic (exact) mass is 257 g/mol. The van der Waals surface area contributed by atoms with E-state index < -0.39 is 0 Å². The molecule has 0 N–H and O–H groups in total. The first kappa shape index (κ1) is 13.1. The summed E-state index contributed by atoms with van der Waals surface area (Å²) < 4.78 is 0. The van der Waals surface area contributed by atoms with Crippen molar-refractivity contribution in [3.05, 3.63) is 29.8 Å². The van der Waals surface area contributed by atoms with Gasteiger partial charge in [0.25, 0.3) is 5.91 Å². The van der Waals surface area contributed by atoms with Gasteiger partial charge in [-0.2, -0.15) is 5.26 Å². The highest BCUT2D eigenvalue weighted by atomic mass is 16.2. The smallest absolute Gasteiger partial charge is 0.312 e. The summed E-state index contributed by atoms with van der Waals surface area (Å²) >= 11 is 0. The van der Waals surface area contributed by atoms with Crippen LogP contribution in [-0.2, 0) is 4.79 Å². The highest BCUT2D eigenvalue weighted by Crippen LogP contribution is 2.23. The van der Waals surface area contributed by atoms with Gasteiger partial charge in [0, 0.05) is 6.04 Å². The normalized spacial score (nSPS) is 16.7. The summed E-state index contributed by atoms with van der Waals surface area (Å²) in [5.41, 5.74) is 1.02. The van der Waals surface area contributed by atoms with Gasteiger partial charge in [-0.15, -0.1) is 0 Å². The number of benzene rings is 1. The number of rotatable bonds is 3. The number of nitriles is 1. The largest absolute Gasteiger partial charge is 0.332 e. The number of carbonyl (C=O) groups is 2. The van der Waals surface area contributed by atoms with Crippen molar-refractivity contribution < 1.29 is 9.59 Å². The molecule has 3 amide bonds. The van der Waals surface area contributed by atoms with Crippen molar-refractivity contribution in [2.75, 3.05) is 11.4 Å². The predicted octanol–water partition coefficient (Wildman–Crippen LogP) is 2.13. The van der Waals surface area contributed by atoms with Crippen LogP contribution >= 0.6 is 0 Å². The lowest BCUT2D eigenvalue weighted by molar-refractivity contribution is -0.116. The number of anilines is 1. The second-order valence-electron chi connectivity index (χ2n) is 4.56. The lowest BCUT2D eigenvalue weighted by Gasteiger charge is -2.22. The third-order valence-electron chi connectivity index (χ3n) is 3.37. The van der Waals surface area contributed by atoms with Gasteiger partial charge in [0.05, 0.1) is 17.3 Å². The molecule has 5 heteroatoms. The molecule has 1 unspecified atom stereocenters. The average Bonchev–Trinajstić information content (AvgIpc) is 2.73. The zero-order valence-corrected chi connectivity index (χ0v) is 11.0. The maximum absolute atomic E-state index is 12.2. The molecule has 0 saturated carbocycles. The van der Waals surface area contributed by atoms with Crippen molar-refractivity contribution in [2.24, 2.45) is 0 Å². The van der Waals surface area contributed by atoms with E-state index in [2.05, 4.69) is 0 Å². The van der Waals surface area contributed by atoms with E-state index >= 15 is 0 Å². The van der Waals surface area contributed by atoms with Crippen LogP contribution in [0.15, 0.2) is 24.3 Å². The second kappa shape index (κ2) is 5.11. The Kier molecular flexibility index (Phi) is 3.52. The maximum Gasteiger partial charge on any atom is 0.332 e. The molecular weight excluding hydrogens is 242 g/mol. The minimum atomic E-state index is -0.288. The van der Waals surface area contributed by atoms with Gasteiger partial charge in [0.2, 0.25) is 0 Å². The molecule has 0 aromatic heterocycles. The minimum absolute atomic E-state index is 0.0415. The zero-order chi connectivity index (χ0) is 14.0. The average molecular weight is 257 g/mol. The number of carbonyl (C=O) groups excluding carboxylic acids is 2. The molecule has 0 radical (unpaired) electrons. The third kappa shape index (κ3) is 2.29. The molecule has 0 aliphatic carbocycles. The standard InChI is InChI=1S/C14H15N3O2/c1-3-10(2)16-9-13(18)17(14(16)19)12-6-4-11(8-15)5-7-12/h4-7,10H,3,9H2,1-2H3. The molecule has 1 aromatic rings. The van der Waals surface area contributed by atoms with Crippen molar-refractivity contribution in [2.45, 2.75) is 26.3 Å². The summed E-state index contributed by atoms with van der Waals surface area (Å²) in [6.45, 7) is 4.02. The van der Waals surface area contributed by atoms with Crippen LogP contribution < -0.4 is 4.90 Å². The molecule has 0 bridgehead atoms. The Labute approximate surface area is 112 Å². The number of hydrogen-bond donors (Lipinski definition) is 0. The predicted molar refractivity (Wildman–Crippen MR) is 70.5 cm³/mol. The van der Waals surface area contributed by atoms with Crippen LogP contribution in [-0.4, -0.2) is 29.4 Å². The van der Waals surface area contributed by atoms with E-state index in [1.165, 1.54) is 4.90 Å². The van der Waals surface area contributed by atoms with Crippen molar-refractivity contribution in [3.8, 4) is 6.07 Å². The van der Waals surface area contributed by atoms with E-state index in [1.54, 1.807) is 29.2 Å². The van der Waals surface area contributed by atoms with Gasteiger partial charge in [-0.05, 0) is 37.6 Å². The lowest BCUT2D eigenvalue weighted by Crippen LogP contribution is -2.37. The summed E-state index contributed by atoms with van der Waals surface area (Å²) in [5.74, 6) is -0.227. The summed E-state index contributed by atoms with van der Waals surface area (Å²) in [7, 11) is 0. The van der Waals surface area contributed by atoms with Crippen molar-refractivity contribution in [1.29, 1.82) is 5.26 Å². The van der Waals surface area contributed by atoms with Gasteiger partial charge in [0.1, 0.15) is 6.54 Å². The number of imide groups is 1. The van der Waals surface area contributed by atoms with E-state index in [9.17, 15) is 9.59 Å². The minimum Gasteiger partial charge on any atom is -0.312 e. The fourth-order valence-corrected chi connectivity index (χ4v) is 2.02. The Morgan fingerprint density at radius 2 is 1.95 bits per heavy atom. The van der Waals surface area contributed by atoms with Crippen molar-refractivity contribution in [1.82, 2.24) is 4.90 Å². The molecule has 1 atom stereocenters. The fourth-order valence-electron chi connectivity index (χ4n) is 2.02. The molecule has 5 nitrogen and oxygen atoms in total. The molecule has 1 aliphatic rings. The van der Waals surface area contributed by atoms with Gasteiger partial charge in [-0.25, -0.2) is 9.69 Å². The molecule has 1 saturated heterocycles. The number of urea groups is 1. The quantitative estimate of drug-likeness (QED) is 0.779. The molecule has 19 heavy (non-hydrogen) atoms. The number of amides is 3. The maximum atomic E-state index is 12.2. The summed E-state index contributed by atoms with van der Waals surface area (Å²) in [6, 6.07) is 8.20. The molecular formula is C14H15N3O2. The van der Waals surface area contributed by atoms with E-state index in [1.807, 2.05) is 19.9 Å². The first-order valence-electron chi connectivity index (χ1n) is 6.22. The summed E-state index contributed by atoms with van der Waals surface area (Å²) in [4.78, 5) is 26.9. The van der Waals surface area contributed by atoms with Crippen molar-refractivity contribution >= 4 is 17.6 Å². The molecule has 1 fully saturated rings. The highest BCUT2D eigenvalue weighted by Gasteiger charge is 2.38. The molecule has 1 aliphatic heterocycles. The van der Waals surface area contributed by atoms with Crippen LogP contribution in [0.2, 0.25) is 0 Å². The van der Waals surface area contributed by atoms with Crippen molar-refractivity contribution in [3.63, 3.8) is 0 Å². The fraction of sp³-hybridized carbons (Fsp3) is 0.357. The van der Waals surface area contributed by atoms with Crippen LogP contribution in [0.25, 0.3) is 0 Å². The third-order valence-corrected chi connectivity index (χ3v) is 3.37. The summed E-state index contributed by atoms with van der Waals surface area (Å²) in [5, 5.41) is 8.74. The Hall–Kier alpha value is -2.35. The van der Waals surface area contributed by atoms with Gasteiger partial charge >= 0.3 is 6.03 Å². The topological polar surface area (TPSA) is 64.4 Å². The zero-order valence-electron chi connectivity index (χ0n) is 11.0. The van der Waals surface area contributed by atoms with Gasteiger partial charge in [-0.1, -0.05) is 6.92 Å². The first-order valence-corrected chi connectivity index (χ1v) is 6.22. The molecule has 1 heterocycles. The van der Waals surface area contributed by atoms with E-state index in [-0.39, 0.29) is 24.5 Å².